The molecule has 0 aliphatic carbocycles. The largest absolute Gasteiger partial charge is 0.480 e. The average Bonchev–Trinajstić information content (AvgIpc) is 2.67. The van der Waals surface area contributed by atoms with Gasteiger partial charge >= 0.3 is 12.0 Å². The minimum absolute atomic E-state index is 0.0386. The molecule has 0 aromatic rings. The molecule has 2 atom stereocenters. The Morgan fingerprint density at radius 1 is 1.59 bits per heavy atom. The molecule has 0 aromatic carbocycles. The summed E-state index contributed by atoms with van der Waals surface area (Å²) in [6.07, 6.45) is 4.41. The lowest BCUT2D eigenvalue weighted by atomic mass is 10.2. The van der Waals surface area contributed by atoms with Crippen molar-refractivity contribution in [3.63, 3.8) is 0 Å². The zero-order chi connectivity index (χ0) is 13.0. The zero-order valence-electron chi connectivity index (χ0n) is 9.67. The van der Waals surface area contributed by atoms with Crippen LogP contribution >= 0.6 is 0 Å². The molecule has 1 saturated heterocycles. The van der Waals surface area contributed by atoms with Crippen LogP contribution in [0.5, 0.6) is 0 Å². The van der Waals surface area contributed by atoms with Crippen molar-refractivity contribution in [2.75, 3.05) is 19.6 Å². The van der Waals surface area contributed by atoms with Gasteiger partial charge in [0.25, 0.3) is 0 Å². The lowest BCUT2D eigenvalue weighted by Gasteiger charge is -2.28. The van der Waals surface area contributed by atoms with Gasteiger partial charge in [0.05, 0.1) is 12.6 Å². The van der Waals surface area contributed by atoms with E-state index in [4.69, 9.17) is 11.5 Å². The molecule has 2 N–H and O–H groups in total. The minimum atomic E-state index is -1.10. The Bertz CT molecular complexity index is 350. The van der Waals surface area contributed by atoms with Crippen molar-refractivity contribution in [1.29, 1.82) is 0 Å². The van der Waals surface area contributed by atoms with Crippen molar-refractivity contribution >= 4 is 12.0 Å². The summed E-state index contributed by atoms with van der Waals surface area (Å²) in [5.74, 6) is 1.24. The van der Waals surface area contributed by atoms with Crippen LogP contribution in [0.2, 0.25) is 0 Å². The third-order valence-electron chi connectivity index (χ3n) is 2.74. The molecule has 6 heteroatoms. The summed E-state index contributed by atoms with van der Waals surface area (Å²) >= 11 is 0. The molecule has 0 radical (unpaired) electrons. The second kappa shape index (κ2) is 5.55. The molecule has 17 heavy (non-hydrogen) atoms. The maximum Gasteiger partial charge on any atom is 0.326 e. The van der Waals surface area contributed by atoms with Crippen LogP contribution in [0.15, 0.2) is 0 Å². The van der Waals surface area contributed by atoms with E-state index < -0.39 is 24.1 Å². The predicted molar refractivity (Wildman–Crippen MR) is 60.2 cm³/mol. The molecule has 1 fully saturated rings. The second-order valence-electron chi connectivity index (χ2n) is 3.90. The number of β-amino-alcohol motifs (C(OH)–C–C–N with tert-alkyl or cyclic N) is 1. The van der Waals surface area contributed by atoms with Gasteiger partial charge in [0.1, 0.15) is 6.04 Å². The molecule has 0 spiro atoms. The fraction of sp³-hybridized carbons (Fsp3) is 0.636. The van der Waals surface area contributed by atoms with Crippen molar-refractivity contribution in [3.8, 4) is 12.3 Å². The molecule has 0 bridgehead atoms. The molecular weight excluding hydrogens is 224 g/mol. The Balaban J connectivity index is 2.79. The number of aliphatic carboxylic acids is 1. The van der Waals surface area contributed by atoms with Crippen molar-refractivity contribution < 1.29 is 19.8 Å². The molecule has 6 nitrogen and oxygen atoms in total. The number of carboxylic acid groups (broad SMARTS) is 1. The van der Waals surface area contributed by atoms with E-state index in [1.54, 1.807) is 6.92 Å². The Hall–Kier alpha value is -1.74. The van der Waals surface area contributed by atoms with Gasteiger partial charge < -0.3 is 20.0 Å². The number of hydrogen-bond donors (Lipinski definition) is 2. The van der Waals surface area contributed by atoms with Crippen LogP contribution in [-0.4, -0.2) is 63.8 Å². The fourth-order valence-corrected chi connectivity index (χ4v) is 1.87. The summed E-state index contributed by atoms with van der Waals surface area (Å²) in [6, 6.07) is -1.40. The highest BCUT2D eigenvalue weighted by Gasteiger charge is 2.40. The molecule has 1 aliphatic heterocycles. The SMILES string of the molecule is C#CCN(CC)C(=O)N1CC(O)CC1C(=O)O. The van der Waals surface area contributed by atoms with Crippen LogP contribution in [0.1, 0.15) is 13.3 Å². The van der Waals surface area contributed by atoms with Crippen molar-refractivity contribution in [1.82, 2.24) is 9.80 Å². The first-order chi connectivity index (χ1) is 8.01. The van der Waals surface area contributed by atoms with Gasteiger partial charge in [-0.3, -0.25) is 0 Å². The summed E-state index contributed by atoms with van der Waals surface area (Å²) in [5, 5.41) is 18.4. The zero-order valence-corrected chi connectivity index (χ0v) is 9.67. The van der Waals surface area contributed by atoms with Crippen LogP contribution in [0.3, 0.4) is 0 Å². The molecule has 94 valence electrons. The van der Waals surface area contributed by atoms with Crippen LogP contribution < -0.4 is 0 Å². The van der Waals surface area contributed by atoms with Crippen LogP contribution in [0.4, 0.5) is 4.79 Å². The quantitative estimate of drug-likeness (QED) is 0.657. The number of rotatable bonds is 3. The highest BCUT2D eigenvalue weighted by molar-refractivity contribution is 5.83. The van der Waals surface area contributed by atoms with E-state index in [2.05, 4.69) is 5.92 Å². The van der Waals surface area contributed by atoms with E-state index in [1.165, 1.54) is 4.90 Å². The van der Waals surface area contributed by atoms with E-state index in [0.29, 0.717) is 6.54 Å². The highest BCUT2D eigenvalue weighted by Crippen LogP contribution is 2.19. The number of aliphatic hydroxyl groups is 1. The molecule has 0 saturated carbocycles. The maximum absolute atomic E-state index is 12.0. The first-order valence-electron chi connectivity index (χ1n) is 5.41. The van der Waals surface area contributed by atoms with Gasteiger partial charge in [0.15, 0.2) is 0 Å². The number of aliphatic hydroxyl groups excluding tert-OH is 1. The van der Waals surface area contributed by atoms with Gasteiger partial charge in [-0.25, -0.2) is 9.59 Å². The molecule has 1 heterocycles. The molecular formula is C11H16N2O4. The Morgan fingerprint density at radius 2 is 2.24 bits per heavy atom. The number of hydrogen-bond acceptors (Lipinski definition) is 3. The van der Waals surface area contributed by atoms with E-state index in [-0.39, 0.29) is 19.5 Å². The van der Waals surface area contributed by atoms with E-state index in [9.17, 15) is 14.7 Å². The monoisotopic (exact) mass is 240 g/mol. The van der Waals surface area contributed by atoms with Gasteiger partial charge in [-0.15, -0.1) is 6.42 Å². The Labute approximate surface area is 99.8 Å². The number of urea groups is 1. The first-order valence-corrected chi connectivity index (χ1v) is 5.41. The van der Waals surface area contributed by atoms with Crippen LogP contribution in [0, 0.1) is 12.3 Å². The summed E-state index contributed by atoms with van der Waals surface area (Å²) in [6.45, 7) is 2.34. The van der Waals surface area contributed by atoms with Gasteiger partial charge in [-0.05, 0) is 6.92 Å². The van der Waals surface area contributed by atoms with E-state index in [0.717, 1.165) is 4.90 Å². The lowest BCUT2D eigenvalue weighted by Crippen LogP contribution is -2.48. The highest BCUT2D eigenvalue weighted by atomic mass is 16.4. The molecule has 1 aliphatic rings. The number of terminal acetylenes is 1. The molecule has 1 rings (SSSR count). The predicted octanol–water partition coefficient (Wildman–Crippen LogP) is -0.419. The third-order valence-corrected chi connectivity index (χ3v) is 2.74. The van der Waals surface area contributed by atoms with Crippen molar-refractivity contribution in [2.24, 2.45) is 0 Å². The third kappa shape index (κ3) is 2.88. The van der Waals surface area contributed by atoms with E-state index >= 15 is 0 Å². The molecule has 2 amide bonds. The summed E-state index contributed by atoms with van der Waals surface area (Å²) in [5.41, 5.74) is 0. The van der Waals surface area contributed by atoms with E-state index in [1.807, 2.05) is 0 Å². The smallest absolute Gasteiger partial charge is 0.326 e. The normalized spacial score (nSPS) is 23.2. The van der Waals surface area contributed by atoms with Gasteiger partial charge in [0.2, 0.25) is 0 Å². The summed E-state index contributed by atoms with van der Waals surface area (Å²) < 4.78 is 0. The number of likely N-dealkylation sites (tertiary alicyclic amines) is 1. The van der Waals surface area contributed by atoms with Crippen molar-refractivity contribution in [3.05, 3.63) is 0 Å². The Kier molecular flexibility index (Phi) is 4.35. The number of carbonyl (C=O) groups is 2. The summed E-state index contributed by atoms with van der Waals surface area (Å²) in [7, 11) is 0. The van der Waals surface area contributed by atoms with Gasteiger partial charge in [0, 0.05) is 19.5 Å². The van der Waals surface area contributed by atoms with Gasteiger partial charge in [-0.1, -0.05) is 5.92 Å². The standard InChI is InChI=1S/C11H16N2O4/c1-3-5-12(4-2)11(17)13-7-8(14)6-9(13)10(15)16/h1,8-9,14H,4-7H2,2H3,(H,15,16). The lowest BCUT2D eigenvalue weighted by molar-refractivity contribution is -0.141. The number of amides is 2. The van der Waals surface area contributed by atoms with Crippen molar-refractivity contribution in [2.45, 2.75) is 25.5 Å². The Morgan fingerprint density at radius 3 is 2.71 bits per heavy atom. The number of carbonyl (C=O) groups excluding carboxylic acids is 1. The van der Waals surface area contributed by atoms with Crippen LogP contribution in [-0.2, 0) is 4.79 Å². The molecule has 2 unspecified atom stereocenters. The van der Waals surface area contributed by atoms with Gasteiger partial charge in [-0.2, -0.15) is 0 Å². The summed E-state index contributed by atoms with van der Waals surface area (Å²) in [4.78, 5) is 25.5. The second-order valence-corrected chi connectivity index (χ2v) is 3.90. The number of carboxylic acids is 1. The maximum atomic E-state index is 12.0. The number of nitrogens with zero attached hydrogens (tertiary/aromatic N) is 2. The average molecular weight is 240 g/mol. The van der Waals surface area contributed by atoms with Crippen LogP contribution in [0.25, 0.3) is 0 Å². The molecule has 0 aromatic heterocycles. The minimum Gasteiger partial charge on any atom is -0.480 e. The first kappa shape index (κ1) is 13.3. The topological polar surface area (TPSA) is 81.1 Å². The fourth-order valence-electron chi connectivity index (χ4n) is 1.87.